The molecule has 6 heteroatoms. The molecule has 0 fully saturated rings. The van der Waals surface area contributed by atoms with Gasteiger partial charge in [0, 0.05) is 6.54 Å². The van der Waals surface area contributed by atoms with Crippen LogP contribution in [0, 0.1) is 5.82 Å². The molecule has 0 radical (unpaired) electrons. The lowest BCUT2D eigenvalue weighted by Gasteiger charge is -2.05. The van der Waals surface area contributed by atoms with Crippen LogP contribution in [-0.4, -0.2) is 17.4 Å². The summed E-state index contributed by atoms with van der Waals surface area (Å²) in [6.45, 7) is 2.48. The van der Waals surface area contributed by atoms with Crippen LogP contribution < -0.4 is 11.1 Å². The summed E-state index contributed by atoms with van der Waals surface area (Å²) in [7, 11) is 0. The molecule has 1 unspecified atom stereocenters. The van der Waals surface area contributed by atoms with Gasteiger partial charge in [0.05, 0.1) is 6.04 Å². The lowest BCUT2D eigenvalue weighted by molar-refractivity contribution is 0.0949. The van der Waals surface area contributed by atoms with Crippen LogP contribution in [0.2, 0.25) is 0 Å². The Kier molecular flexibility index (Phi) is 6.29. The van der Waals surface area contributed by atoms with Gasteiger partial charge >= 0.3 is 0 Å². The summed E-state index contributed by atoms with van der Waals surface area (Å²) in [4.78, 5) is 16.1. The van der Waals surface area contributed by atoms with E-state index in [2.05, 4.69) is 17.2 Å². The second kappa shape index (κ2) is 8.43. The molecule has 2 rings (SSSR count). The van der Waals surface area contributed by atoms with Crippen molar-refractivity contribution in [3.63, 3.8) is 0 Å². The van der Waals surface area contributed by atoms with Crippen molar-refractivity contribution >= 4 is 5.91 Å². The maximum absolute atomic E-state index is 13.1. The average Bonchev–Trinajstić information content (AvgIpc) is 3.03. The van der Waals surface area contributed by atoms with E-state index in [1.54, 1.807) is 6.07 Å². The van der Waals surface area contributed by atoms with Crippen LogP contribution in [0.5, 0.6) is 0 Å². The second-order valence-corrected chi connectivity index (χ2v) is 5.46. The van der Waals surface area contributed by atoms with Crippen molar-refractivity contribution in [2.75, 3.05) is 6.54 Å². The van der Waals surface area contributed by atoms with Gasteiger partial charge in [-0.25, -0.2) is 9.37 Å². The number of halogens is 1. The van der Waals surface area contributed by atoms with E-state index >= 15 is 0 Å². The first-order chi connectivity index (χ1) is 11.1. The third kappa shape index (κ3) is 5.17. The Balaban J connectivity index is 1.83. The number of nitrogens with zero attached hydrogens (tertiary/aromatic N) is 1. The molecule has 1 amide bonds. The number of carbonyl (C=O) groups is 1. The molecule has 0 aliphatic carbocycles. The Hall–Kier alpha value is -2.21. The number of oxazole rings is 1. The van der Waals surface area contributed by atoms with E-state index in [9.17, 15) is 9.18 Å². The van der Waals surface area contributed by atoms with Gasteiger partial charge in [-0.1, -0.05) is 31.9 Å². The molecule has 0 bridgehead atoms. The van der Waals surface area contributed by atoms with Crippen LogP contribution in [0.25, 0.3) is 0 Å². The number of benzene rings is 1. The second-order valence-electron chi connectivity index (χ2n) is 5.46. The zero-order valence-electron chi connectivity index (χ0n) is 13.2. The minimum Gasteiger partial charge on any atom is -0.446 e. The quantitative estimate of drug-likeness (QED) is 0.784. The third-order valence-corrected chi connectivity index (χ3v) is 3.53. The summed E-state index contributed by atoms with van der Waals surface area (Å²) < 4.78 is 18.3. The molecule has 0 saturated carbocycles. The van der Waals surface area contributed by atoms with Crippen LogP contribution in [0.3, 0.4) is 0 Å². The lowest BCUT2D eigenvalue weighted by Crippen LogP contribution is -2.26. The molecule has 3 N–H and O–H groups in total. The Morgan fingerprint density at radius 1 is 1.48 bits per heavy atom. The van der Waals surface area contributed by atoms with Crippen molar-refractivity contribution < 1.29 is 13.6 Å². The summed E-state index contributed by atoms with van der Waals surface area (Å²) in [6.07, 6.45) is 4.67. The first-order valence-electron chi connectivity index (χ1n) is 7.83. The molecule has 1 aromatic carbocycles. The summed E-state index contributed by atoms with van der Waals surface area (Å²) in [5.41, 5.74) is 7.00. The highest BCUT2D eigenvalue weighted by atomic mass is 19.1. The van der Waals surface area contributed by atoms with E-state index < -0.39 is 0 Å². The molecule has 0 saturated heterocycles. The summed E-state index contributed by atoms with van der Waals surface area (Å²) in [6, 6.07) is 6.02. The molecule has 0 aliphatic rings. The fourth-order valence-electron chi connectivity index (χ4n) is 2.21. The van der Waals surface area contributed by atoms with Crippen LogP contribution in [0.4, 0.5) is 4.39 Å². The third-order valence-electron chi connectivity index (χ3n) is 3.53. The monoisotopic (exact) mass is 319 g/mol. The van der Waals surface area contributed by atoms with Crippen molar-refractivity contribution in [2.24, 2.45) is 5.73 Å². The molecule has 1 aromatic heterocycles. The fourth-order valence-corrected chi connectivity index (χ4v) is 2.21. The van der Waals surface area contributed by atoms with Crippen molar-refractivity contribution in [3.05, 3.63) is 53.5 Å². The molecule has 0 aliphatic heterocycles. The number of nitrogens with two attached hydrogens (primary N) is 1. The zero-order chi connectivity index (χ0) is 16.7. The predicted molar refractivity (Wildman–Crippen MR) is 85.4 cm³/mol. The van der Waals surface area contributed by atoms with Gasteiger partial charge in [0.1, 0.15) is 12.1 Å². The van der Waals surface area contributed by atoms with Gasteiger partial charge in [-0.05, 0) is 30.5 Å². The largest absolute Gasteiger partial charge is 0.446 e. The SMILES string of the molecule is CCCCC(N)c1nc(C(=O)NCCc2cccc(F)c2)co1. The van der Waals surface area contributed by atoms with Crippen molar-refractivity contribution in [1.29, 1.82) is 0 Å². The number of aromatic nitrogens is 1. The van der Waals surface area contributed by atoms with E-state index in [4.69, 9.17) is 10.2 Å². The minimum atomic E-state index is -0.320. The van der Waals surface area contributed by atoms with Gasteiger partial charge in [0.15, 0.2) is 5.69 Å². The van der Waals surface area contributed by atoms with Crippen LogP contribution in [0.15, 0.2) is 34.9 Å². The van der Waals surface area contributed by atoms with Gasteiger partial charge in [-0.2, -0.15) is 0 Å². The van der Waals surface area contributed by atoms with Gasteiger partial charge in [-0.15, -0.1) is 0 Å². The Bertz CT molecular complexity index is 642. The maximum Gasteiger partial charge on any atom is 0.273 e. The molecular formula is C17H22FN3O2. The van der Waals surface area contributed by atoms with Crippen LogP contribution >= 0.6 is 0 Å². The molecule has 124 valence electrons. The lowest BCUT2D eigenvalue weighted by atomic mass is 10.1. The Morgan fingerprint density at radius 2 is 2.30 bits per heavy atom. The fraction of sp³-hybridized carbons (Fsp3) is 0.412. The van der Waals surface area contributed by atoms with Crippen LogP contribution in [0.1, 0.15) is 54.2 Å². The number of nitrogens with one attached hydrogen (secondary N) is 1. The van der Waals surface area contributed by atoms with Gasteiger partial charge in [-0.3, -0.25) is 4.79 Å². The standard InChI is InChI=1S/C17H22FN3O2/c1-2-3-7-14(19)17-21-15(11-23-17)16(22)20-9-8-12-5-4-6-13(18)10-12/h4-6,10-11,14H,2-3,7-9,19H2,1H3,(H,20,22). The number of unbranched alkanes of at least 4 members (excludes halogenated alkanes) is 1. The normalized spacial score (nSPS) is 12.1. The number of rotatable bonds is 8. The highest BCUT2D eigenvalue weighted by molar-refractivity contribution is 5.91. The summed E-state index contributed by atoms with van der Waals surface area (Å²) in [5, 5.41) is 2.74. The predicted octanol–water partition coefficient (Wildman–Crippen LogP) is 2.98. The summed E-state index contributed by atoms with van der Waals surface area (Å²) >= 11 is 0. The highest BCUT2D eigenvalue weighted by Crippen LogP contribution is 2.16. The molecule has 5 nitrogen and oxygen atoms in total. The molecule has 23 heavy (non-hydrogen) atoms. The topological polar surface area (TPSA) is 81.1 Å². The number of hydrogen-bond acceptors (Lipinski definition) is 4. The minimum absolute atomic E-state index is 0.214. The molecular weight excluding hydrogens is 297 g/mol. The molecule has 0 spiro atoms. The molecule has 1 atom stereocenters. The first kappa shape index (κ1) is 17.1. The number of amides is 1. The molecule has 2 aromatic rings. The molecule has 1 heterocycles. The maximum atomic E-state index is 13.1. The zero-order valence-corrected chi connectivity index (χ0v) is 13.2. The van der Waals surface area contributed by atoms with E-state index in [1.807, 2.05) is 6.07 Å². The summed E-state index contributed by atoms with van der Waals surface area (Å²) in [5.74, 6) is -0.219. The number of hydrogen-bond donors (Lipinski definition) is 2. The van der Waals surface area contributed by atoms with Crippen molar-refractivity contribution in [3.8, 4) is 0 Å². The van der Waals surface area contributed by atoms with E-state index in [0.29, 0.717) is 18.9 Å². The average molecular weight is 319 g/mol. The van der Waals surface area contributed by atoms with E-state index in [0.717, 1.165) is 24.8 Å². The van der Waals surface area contributed by atoms with Gasteiger partial charge in [0.25, 0.3) is 5.91 Å². The smallest absolute Gasteiger partial charge is 0.273 e. The Labute approximate surface area is 135 Å². The van der Waals surface area contributed by atoms with E-state index in [-0.39, 0.29) is 23.5 Å². The Morgan fingerprint density at radius 3 is 3.04 bits per heavy atom. The van der Waals surface area contributed by atoms with Crippen molar-refractivity contribution in [1.82, 2.24) is 10.3 Å². The number of carbonyl (C=O) groups excluding carboxylic acids is 1. The van der Waals surface area contributed by atoms with Gasteiger partial charge in [0.2, 0.25) is 5.89 Å². The highest BCUT2D eigenvalue weighted by Gasteiger charge is 2.16. The van der Waals surface area contributed by atoms with Gasteiger partial charge < -0.3 is 15.5 Å². The van der Waals surface area contributed by atoms with E-state index in [1.165, 1.54) is 18.4 Å². The van der Waals surface area contributed by atoms with Crippen molar-refractivity contribution in [2.45, 2.75) is 38.6 Å². The van der Waals surface area contributed by atoms with Crippen LogP contribution in [-0.2, 0) is 6.42 Å². The first-order valence-corrected chi connectivity index (χ1v) is 7.83.